The van der Waals surface area contributed by atoms with Gasteiger partial charge >= 0.3 is 10.3 Å². The Morgan fingerprint density at radius 1 is 1.36 bits per heavy atom. The summed E-state index contributed by atoms with van der Waals surface area (Å²) in [5, 5.41) is 0. The van der Waals surface area contributed by atoms with E-state index in [0.717, 1.165) is 19.3 Å². The first-order chi connectivity index (χ1) is 5.20. The number of nitrogens with zero attached hydrogens (tertiary/aromatic N) is 1. The summed E-state index contributed by atoms with van der Waals surface area (Å²) in [6, 6.07) is 0.133. The zero-order valence-corrected chi connectivity index (χ0v) is 7.01. The predicted molar refractivity (Wildman–Crippen MR) is 39.2 cm³/mol. The smallest absolute Gasteiger partial charge is 0.256 e. The predicted octanol–water partition coefficient (Wildman–Crippen LogP) is 0.116. The highest BCUT2D eigenvalue weighted by Gasteiger charge is 2.39. The zero-order valence-electron chi connectivity index (χ0n) is 6.19. The lowest BCUT2D eigenvalue weighted by Gasteiger charge is -2.24. The Balaban J connectivity index is 2.23. The lowest BCUT2D eigenvalue weighted by molar-refractivity contribution is 0.257. The minimum Gasteiger partial charge on any atom is -0.256 e. The van der Waals surface area contributed by atoms with Gasteiger partial charge in [-0.15, -0.1) is 0 Å². The first kappa shape index (κ1) is 7.52. The summed E-state index contributed by atoms with van der Waals surface area (Å²) in [5.41, 5.74) is 0. The van der Waals surface area contributed by atoms with Gasteiger partial charge in [-0.3, -0.25) is 4.18 Å². The Hall–Kier alpha value is -0.130. The van der Waals surface area contributed by atoms with Gasteiger partial charge in [0.1, 0.15) is 0 Å². The lowest BCUT2D eigenvalue weighted by atomic mass is 10.1. The number of hydrogen-bond acceptors (Lipinski definition) is 3. The highest BCUT2D eigenvalue weighted by Crippen LogP contribution is 2.26. The van der Waals surface area contributed by atoms with Gasteiger partial charge in [0.15, 0.2) is 0 Å². The van der Waals surface area contributed by atoms with Crippen LogP contribution in [-0.4, -0.2) is 31.9 Å². The topological polar surface area (TPSA) is 46.6 Å². The van der Waals surface area contributed by atoms with Crippen molar-refractivity contribution in [2.45, 2.75) is 25.3 Å². The fourth-order valence-electron chi connectivity index (χ4n) is 1.67. The third-order valence-corrected chi connectivity index (χ3v) is 3.76. The average Bonchev–Trinajstić information content (AvgIpc) is 2.29. The lowest BCUT2D eigenvalue weighted by Crippen LogP contribution is -2.37. The third kappa shape index (κ3) is 1.17. The molecule has 0 unspecified atom stereocenters. The third-order valence-electron chi connectivity index (χ3n) is 2.27. The van der Waals surface area contributed by atoms with Crippen molar-refractivity contribution < 1.29 is 12.6 Å². The van der Waals surface area contributed by atoms with E-state index in [9.17, 15) is 8.42 Å². The summed E-state index contributed by atoms with van der Waals surface area (Å²) in [6.07, 6.45) is 3.05. The van der Waals surface area contributed by atoms with Gasteiger partial charge in [-0.1, -0.05) is 6.42 Å². The molecule has 1 atom stereocenters. The Morgan fingerprint density at radius 2 is 2.18 bits per heavy atom. The SMILES string of the molecule is O=S1(=O)OC[C@H]2CCCCN21. The summed E-state index contributed by atoms with van der Waals surface area (Å²) in [4.78, 5) is 0. The maximum Gasteiger partial charge on any atom is 0.338 e. The molecular formula is C6H11NO3S. The standard InChI is InChI=1S/C6H11NO3S/c8-11(9)7-4-2-1-3-6(7)5-10-11/h6H,1-5H2/t6-/m1/s1. The van der Waals surface area contributed by atoms with Crippen LogP contribution in [0.15, 0.2) is 0 Å². The molecule has 2 saturated heterocycles. The van der Waals surface area contributed by atoms with Gasteiger partial charge in [0.2, 0.25) is 0 Å². The van der Waals surface area contributed by atoms with Crippen LogP contribution in [0.3, 0.4) is 0 Å². The molecule has 0 aromatic rings. The van der Waals surface area contributed by atoms with Crippen molar-refractivity contribution in [3.8, 4) is 0 Å². The Morgan fingerprint density at radius 3 is 2.91 bits per heavy atom. The second-order valence-corrected chi connectivity index (χ2v) is 4.56. The van der Waals surface area contributed by atoms with Crippen LogP contribution in [0.4, 0.5) is 0 Å². The van der Waals surface area contributed by atoms with E-state index in [1.807, 2.05) is 0 Å². The minimum absolute atomic E-state index is 0.133. The van der Waals surface area contributed by atoms with Crippen LogP contribution in [0.2, 0.25) is 0 Å². The van der Waals surface area contributed by atoms with Crippen LogP contribution in [0.25, 0.3) is 0 Å². The molecule has 0 aromatic carbocycles. The average molecular weight is 177 g/mol. The molecule has 2 rings (SSSR count). The van der Waals surface area contributed by atoms with Crippen LogP contribution in [-0.2, 0) is 14.5 Å². The Kier molecular flexibility index (Phi) is 1.66. The van der Waals surface area contributed by atoms with Gasteiger partial charge in [0, 0.05) is 6.54 Å². The highest BCUT2D eigenvalue weighted by molar-refractivity contribution is 7.84. The van der Waals surface area contributed by atoms with Crippen LogP contribution in [0.1, 0.15) is 19.3 Å². The molecule has 0 radical (unpaired) electrons. The van der Waals surface area contributed by atoms with Gasteiger partial charge in [0.05, 0.1) is 12.6 Å². The van der Waals surface area contributed by atoms with E-state index in [1.54, 1.807) is 0 Å². The number of piperidine rings is 1. The van der Waals surface area contributed by atoms with Crippen molar-refractivity contribution in [2.75, 3.05) is 13.2 Å². The summed E-state index contributed by atoms with van der Waals surface area (Å²) in [6.45, 7) is 1.01. The molecular weight excluding hydrogens is 166 g/mol. The van der Waals surface area contributed by atoms with Crippen molar-refractivity contribution in [1.29, 1.82) is 0 Å². The zero-order chi connectivity index (χ0) is 7.90. The van der Waals surface area contributed by atoms with Crippen molar-refractivity contribution in [3.63, 3.8) is 0 Å². The molecule has 0 aliphatic carbocycles. The van der Waals surface area contributed by atoms with Crippen LogP contribution in [0, 0.1) is 0 Å². The van der Waals surface area contributed by atoms with Crippen LogP contribution >= 0.6 is 0 Å². The summed E-state index contributed by atoms with van der Waals surface area (Å²) < 4.78 is 28.4. The highest BCUT2D eigenvalue weighted by atomic mass is 32.2. The van der Waals surface area contributed by atoms with E-state index in [-0.39, 0.29) is 6.04 Å². The Labute approximate surface area is 66.4 Å². The van der Waals surface area contributed by atoms with E-state index in [2.05, 4.69) is 4.18 Å². The fraction of sp³-hybridized carbons (Fsp3) is 1.00. The first-order valence-corrected chi connectivity index (χ1v) is 5.23. The molecule has 2 aliphatic heterocycles. The summed E-state index contributed by atoms with van der Waals surface area (Å²) >= 11 is 0. The molecule has 4 nitrogen and oxygen atoms in total. The van der Waals surface area contributed by atoms with E-state index in [1.165, 1.54) is 4.31 Å². The van der Waals surface area contributed by atoms with Crippen molar-refractivity contribution >= 4 is 10.3 Å². The number of hydrogen-bond donors (Lipinski definition) is 0. The number of rotatable bonds is 0. The second kappa shape index (κ2) is 2.43. The van der Waals surface area contributed by atoms with Crippen LogP contribution in [0.5, 0.6) is 0 Å². The molecule has 0 amide bonds. The molecule has 0 spiro atoms. The molecule has 2 heterocycles. The number of fused-ring (bicyclic) bond motifs is 1. The molecule has 0 aromatic heterocycles. The second-order valence-electron chi connectivity index (χ2n) is 3.00. The molecule has 0 saturated carbocycles. The van der Waals surface area contributed by atoms with Crippen molar-refractivity contribution in [2.24, 2.45) is 0 Å². The minimum atomic E-state index is -3.31. The molecule has 2 fully saturated rings. The van der Waals surface area contributed by atoms with Gasteiger partial charge in [0.25, 0.3) is 0 Å². The molecule has 0 bridgehead atoms. The first-order valence-electron chi connectivity index (χ1n) is 3.86. The van der Waals surface area contributed by atoms with Gasteiger partial charge in [-0.25, -0.2) is 0 Å². The monoisotopic (exact) mass is 177 g/mol. The quantitative estimate of drug-likeness (QED) is 0.528. The molecule has 11 heavy (non-hydrogen) atoms. The molecule has 2 aliphatic rings. The Bertz CT molecular complexity index is 249. The fourth-order valence-corrected chi connectivity index (χ4v) is 3.02. The van der Waals surface area contributed by atoms with Crippen molar-refractivity contribution in [3.05, 3.63) is 0 Å². The largest absolute Gasteiger partial charge is 0.338 e. The normalized spacial score (nSPS) is 36.9. The molecule has 0 N–H and O–H groups in total. The van der Waals surface area contributed by atoms with E-state index >= 15 is 0 Å². The summed E-state index contributed by atoms with van der Waals surface area (Å²) in [7, 11) is -3.31. The summed E-state index contributed by atoms with van der Waals surface area (Å²) in [5.74, 6) is 0. The van der Waals surface area contributed by atoms with Gasteiger partial charge in [-0.05, 0) is 12.8 Å². The van der Waals surface area contributed by atoms with Crippen molar-refractivity contribution in [1.82, 2.24) is 4.31 Å². The maximum atomic E-state index is 11.1. The molecule has 64 valence electrons. The van der Waals surface area contributed by atoms with Crippen LogP contribution < -0.4 is 0 Å². The van der Waals surface area contributed by atoms with E-state index < -0.39 is 10.3 Å². The van der Waals surface area contributed by atoms with Gasteiger partial charge < -0.3 is 0 Å². The maximum absolute atomic E-state index is 11.1. The van der Waals surface area contributed by atoms with E-state index in [0.29, 0.717) is 13.2 Å². The van der Waals surface area contributed by atoms with Gasteiger partial charge in [-0.2, -0.15) is 12.7 Å². The molecule has 5 heteroatoms. The van der Waals surface area contributed by atoms with E-state index in [4.69, 9.17) is 0 Å².